The van der Waals surface area contributed by atoms with Crippen molar-refractivity contribution in [2.45, 2.75) is 6.04 Å². The zero-order valence-corrected chi connectivity index (χ0v) is 10.2. The molecule has 6 nitrogen and oxygen atoms in total. The monoisotopic (exact) mass is 253 g/mol. The van der Waals surface area contributed by atoms with Gasteiger partial charge in [0.15, 0.2) is 0 Å². The van der Waals surface area contributed by atoms with Crippen molar-refractivity contribution in [3.05, 3.63) is 41.7 Å². The van der Waals surface area contributed by atoms with Crippen LogP contribution in [0.4, 0.5) is 11.4 Å². The molecule has 1 aromatic carbocycles. The summed E-state index contributed by atoms with van der Waals surface area (Å²) in [4.78, 5) is 12.0. The zero-order chi connectivity index (χ0) is 13.4. The Labute approximate surface area is 109 Å². The highest BCUT2D eigenvalue weighted by molar-refractivity contribution is 6.03. The number of carbonyl (C=O) groups excluding carboxylic acids is 1. The summed E-state index contributed by atoms with van der Waals surface area (Å²) in [5, 5.41) is 18.9. The van der Waals surface area contributed by atoms with Crippen LogP contribution in [0, 0.1) is 11.3 Å². The third-order valence-corrected chi connectivity index (χ3v) is 3.03. The molecule has 0 saturated carbocycles. The lowest BCUT2D eigenvalue weighted by atomic mass is 10.1. The standard InChI is InChI=1S/C13H11N5O/c1-18-7-9(6-15-18)12-13(19)17-10-3-2-8(5-14)4-11(10)16-12/h2-4,6-7,12,16H,1H3,(H,17,19). The van der Waals surface area contributed by atoms with Crippen molar-refractivity contribution in [3.63, 3.8) is 0 Å². The minimum absolute atomic E-state index is 0.134. The van der Waals surface area contributed by atoms with Crippen molar-refractivity contribution >= 4 is 17.3 Å². The van der Waals surface area contributed by atoms with Crippen LogP contribution in [-0.2, 0) is 11.8 Å². The number of benzene rings is 1. The van der Waals surface area contributed by atoms with Gasteiger partial charge in [0.05, 0.1) is 29.2 Å². The van der Waals surface area contributed by atoms with Crippen molar-refractivity contribution < 1.29 is 4.79 Å². The van der Waals surface area contributed by atoms with Crippen LogP contribution in [0.15, 0.2) is 30.6 Å². The van der Waals surface area contributed by atoms with Crippen molar-refractivity contribution in [3.8, 4) is 6.07 Å². The number of aromatic nitrogens is 2. The Morgan fingerprint density at radius 1 is 1.42 bits per heavy atom. The van der Waals surface area contributed by atoms with Crippen LogP contribution < -0.4 is 10.6 Å². The molecule has 0 saturated heterocycles. The van der Waals surface area contributed by atoms with Gasteiger partial charge in [-0.1, -0.05) is 0 Å². The second-order valence-corrected chi connectivity index (χ2v) is 4.39. The van der Waals surface area contributed by atoms with Crippen LogP contribution in [0.3, 0.4) is 0 Å². The van der Waals surface area contributed by atoms with Crippen LogP contribution in [-0.4, -0.2) is 15.7 Å². The van der Waals surface area contributed by atoms with E-state index in [2.05, 4.69) is 21.8 Å². The van der Waals surface area contributed by atoms with E-state index in [4.69, 9.17) is 5.26 Å². The molecule has 2 heterocycles. The van der Waals surface area contributed by atoms with Gasteiger partial charge < -0.3 is 10.6 Å². The van der Waals surface area contributed by atoms with Crippen LogP contribution >= 0.6 is 0 Å². The summed E-state index contributed by atoms with van der Waals surface area (Å²) in [6, 6.07) is 6.70. The van der Waals surface area contributed by atoms with Crippen LogP contribution in [0.1, 0.15) is 17.2 Å². The number of amides is 1. The Hall–Kier alpha value is -2.81. The number of aryl methyl sites for hydroxylation is 1. The third-order valence-electron chi connectivity index (χ3n) is 3.03. The van der Waals surface area contributed by atoms with E-state index in [0.717, 1.165) is 11.3 Å². The molecular weight excluding hydrogens is 242 g/mol. The highest BCUT2D eigenvalue weighted by atomic mass is 16.2. The first kappa shape index (κ1) is 11.3. The van der Waals surface area contributed by atoms with Crippen LogP contribution in [0.2, 0.25) is 0 Å². The van der Waals surface area contributed by atoms with Crippen molar-refractivity contribution in [1.82, 2.24) is 9.78 Å². The molecule has 0 spiro atoms. The summed E-state index contributed by atoms with van der Waals surface area (Å²) in [6.07, 6.45) is 3.44. The summed E-state index contributed by atoms with van der Waals surface area (Å²) in [5.74, 6) is -0.134. The molecule has 1 unspecified atom stereocenters. The van der Waals surface area contributed by atoms with Gasteiger partial charge in [0.2, 0.25) is 0 Å². The molecule has 1 amide bonds. The predicted molar refractivity (Wildman–Crippen MR) is 69.4 cm³/mol. The van der Waals surface area contributed by atoms with Crippen LogP contribution in [0.25, 0.3) is 0 Å². The Kier molecular flexibility index (Phi) is 2.46. The molecule has 0 bridgehead atoms. The minimum Gasteiger partial charge on any atom is -0.368 e. The molecule has 3 rings (SSSR count). The van der Waals surface area contributed by atoms with Gasteiger partial charge in [-0.3, -0.25) is 9.48 Å². The molecule has 0 radical (unpaired) electrons. The fraction of sp³-hybridized carbons (Fsp3) is 0.154. The molecule has 0 aliphatic carbocycles. The molecule has 2 aromatic rings. The largest absolute Gasteiger partial charge is 0.368 e. The fourth-order valence-corrected chi connectivity index (χ4v) is 2.09. The second kappa shape index (κ2) is 4.14. The van der Waals surface area contributed by atoms with E-state index in [1.54, 1.807) is 42.3 Å². The number of nitrogens with one attached hydrogen (secondary N) is 2. The van der Waals surface area contributed by atoms with E-state index >= 15 is 0 Å². The van der Waals surface area contributed by atoms with E-state index in [1.165, 1.54) is 0 Å². The molecule has 1 aliphatic rings. The molecule has 19 heavy (non-hydrogen) atoms. The molecular formula is C13H11N5O. The van der Waals surface area contributed by atoms with E-state index in [0.29, 0.717) is 11.3 Å². The summed E-state index contributed by atoms with van der Waals surface area (Å²) in [6.45, 7) is 0. The normalized spacial score (nSPS) is 17.1. The first-order valence-electron chi connectivity index (χ1n) is 5.77. The first-order chi connectivity index (χ1) is 9.17. The summed E-state index contributed by atoms with van der Waals surface area (Å²) in [5.41, 5.74) is 2.76. The second-order valence-electron chi connectivity index (χ2n) is 4.39. The fourth-order valence-electron chi connectivity index (χ4n) is 2.09. The zero-order valence-electron chi connectivity index (χ0n) is 10.2. The molecule has 1 aromatic heterocycles. The summed E-state index contributed by atoms with van der Waals surface area (Å²) < 4.78 is 1.64. The average Bonchev–Trinajstić information content (AvgIpc) is 2.84. The lowest BCUT2D eigenvalue weighted by Gasteiger charge is -2.26. The SMILES string of the molecule is Cn1cc(C2Nc3cc(C#N)ccc3NC2=O)cn1. The predicted octanol–water partition coefficient (Wildman–Crippen LogP) is 1.40. The number of nitrogens with zero attached hydrogens (tertiary/aromatic N) is 3. The highest BCUT2D eigenvalue weighted by Gasteiger charge is 2.27. The quantitative estimate of drug-likeness (QED) is 0.804. The molecule has 0 fully saturated rings. The van der Waals surface area contributed by atoms with Crippen molar-refractivity contribution in [1.29, 1.82) is 5.26 Å². The number of carbonyl (C=O) groups is 1. The van der Waals surface area contributed by atoms with Gasteiger partial charge >= 0.3 is 0 Å². The maximum atomic E-state index is 12.0. The molecule has 1 aliphatic heterocycles. The van der Waals surface area contributed by atoms with Crippen molar-refractivity contribution in [2.75, 3.05) is 10.6 Å². The number of nitriles is 1. The average molecular weight is 253 g/mol. The maximum Gasteiger partial charge on any atom is 0.251 e. The number of fused-ring (bicyclic) bond motifs is 1. The number of anilines is 2. The van der Waals surface area contributed by atoms with E-state index < -0.39 is 6.04 Å². The van der Waals surface area contributed by atoms with E-state index in [1.807, 2.05) is 0 Å². The Balaban J connectivity index is 1.98. The lowest BCUT2D eigenvalue weighted by Crippen LogP contribution is -2.31. The van der Waals surface area contributed by atoms with Gasteiger partial charge in [0, 0.05) is 18.8 Å². The van der Waals surface area contributed by atoms with Crippen LogP contribution in [0.5, 0.6) is 0 Å². The number of hydrogen-bond acceptors (Lipinski definition) is 4. The van der Waals surface area contributed by atoms with Crippen molar-refractivity contribution in [2.24, 2.45) is 7.05 Å². The van der Waals surface area contributed by atoms with Gasteiger partial charge in [0.1, 0.15) is 6.04 Å². The first-order valence-corrected chi connectivity index (χ1v) is 5.77. The van der Waals surface area contributed by atoms with Gasteiger partial charge in [-0.25, -0.2) is 0 Å². The number of rotatable bonds is 1. The Morgan fingerprint density at radius 2 is 2.26 bits per heavy atom. The van der Waals surface area contributed by atoms with Gasteiger partial charge in [0.25, 0.3) is 5.91 Å². The summed E-state index contributed by atoms with van der Waals surface area (Å²) in [7, 11) is 1.80. The van der Waals surface area contributed by atoms with E-state index in [-0.39, 0.29) is 5.91 Å². The minimum atomic E-state index is -0.491. The molecule has 2 N–H and O–H groups in total. The lowest BCUT2D eigenvalue weighted by molar-refractivity contribution is -0.117. The smallest absolute Gasteiger partial charge is 0.251 e. The van der Waals surface area contributed by atoms with E-state index in [9.17, 15) is 4.79 Å². The van der Waals surface area contributed by atoms with Gasteiger partial charge in [-0.15, -0.1) is 0 Å². The number of hydrogen-bond donors (Lipinski definition) is 2. The Morgan fingerprint density at radius 3 is 2.95 bits per heavy atom. The highest BCUT2D eigenvalue weighted by Crippen LogP contribution is 2.32. The molecule has 6 heteroatoms. The summed E-state index contributed by atoms with van der Waals surface area (Å²) >= 11 is 0. The van der Waals surface area contributed by atoms with Gasteiger partial charge in [-0.05, 0) is 18.2 Å². The Bertz CT molecular complexity index is 697. The molecule has 94 valence electrons. The maximum absolute atomic E-state index is 12.0. The topological polar surface area (TPSA) is 82.7 Å². The third kappa shape index (κ3) is 1.91. The molecule has 1 atom stereocenters. The van der Waals surface area contributed by atoms with Gasteiger partial charge in [-0.2, -0.15) is 10.4 Å².